The molecule has 3 rings (SSSR count). The summed E-state index contributed by atoms with van der Waals surface area (Å²) in [5, 5.41) is 2.43. The van der Waals surface area contributed by atoms with E-state index in [0.29, 0.717) is 0 Å². The van der Waals surface area contributed by atoms with Crippen molar-refractivity contribution >= 4 is 34.7 Å². The number of nitrogens with zero attached hydrogens (tertiary/aromatic N) is 1. The molecule has 0 fully saturated rings. The van der Waals surface area contributed by atoms with E-state index in [4.69, 9.17) is 4.74 Å². The molecule has 3 aromatic rings. The number of ether oxygens (including phenoxy) is 1. The van der Waals surface area contributed by atoms with E-state index in [1.165, 1.54) is 23.6 Å². The molecule has 0 amide bonds. The van der Waals surface area contributed by atoms with Crippen LogP contribution in [0.2, 0.25) is 0 Å². The molecule has 1 heterocycles. The molecule has 0 saturated carbocycles. The molecule has 33 heavy (non-hydrogen) atoms. The van der Waals surface area contributed by atoms with E-state index in [1.807, 2.05) is 43.6 Å². The van der Waals surface area contributed by atoms with Crippen LogP contribution in [-0.2, 0) is 20.9 Å². The highest BCUT2D eigenvalue weighted by Gasteiger charge is 2.17. The Hall–Kier alpha value is -3.27. The standard InChI is InChI=1S/C29H34NO3/c1-3-4-5-6-10-23(2)33-29(32)21-27(31)22-30-19-17-24(18-20-30)15-16-26-13-9-12-25-11-7-8-14-28(25)26/h7-9,11-20,23H,3-6,10,21-22H2,1-2H3/q+1/b16-15+. The molecule has 0 spiro atoms. The molecule has 0 saturated heterocycles. The number of pyridine rings is 1. The number of hydrogen-bond acceptors (Lipinski definition) is 3. The lowest BCUT2D eigenvalue weighted by atomic mass is 10.0. The third-order valence-corrected chi connectivity index (χ3v) is 5.69. The number of benzene rings is 2. The first-order chi connectivity index (χ1) is 16.0. The molecule has 1 atom stereocenters. The van der Waals surface area contributed by atoms with Crippen molar-refractivity contribution in [2.45, 2.75) is 65.0 Å². The number of unbranched alkanes of at least 4 members (excludes halogenated alkanes) is 3. The zero-order valence-corrected chi connectivity index (χ0v) is 19.7. The summed E-state index contributed by atoms with van der Waals surface area (Å²) in [7, 11) is 0. The van der Waals surface area contributed by atoms with Gasteiger partial charge in [0.05, 0.1) is 6.10 Å². The highest BCUT2D eigenvalue weighted by atomic mass is 16.5. The topological polar surface area (TPSA) is 47.3 Å². The number of fused-ring (bicyclic) bond motifs is 1. The minimum Gasteiger partial charge on any atom is -0.462 e. The molecule has 1 aromatic heterocycles. The normalized spacial score (nSPS) is 12.2. The molecule has 0 aliphatic carbocycles. The van der Waals surface area contributed by atoms with Gasteiger partial charge in [-0.3, -0.25) is 9.59 Å². The maximum Gasteiger partial charge on any atom is 0.313 e. The maximum atomic E-state index is 12.3. The summed E-state index contributed by atoms with van der Waals surface area (Å²) in [5.74, 6) is -0.583. The molecule has 172 valence electrons. The molecule has 4 nitrogen and oxygen atoms in total. The van der Waals surface area contributed by atoms with Crippen molar-refractivity contribution in [2.24, 2.45) is 0 Å². The van der Waals surface area contributed by atoms with Crippen LogP contribution in [0.4, 0.5) is 0 Å². The van der Waals surface area contributed by atoms with E-state index < -0.39 is 5.97 Å². The molecular formula is C29H34NO3+. The second-order valence-electron chi connectivity index (χ2n) is 8.57. The van der Waals surface area contributed by atoms with Gasteiger partial charge in [-0.05, 0) is 41.7 Å². The number of ketones is 1. The van der Waals surface area contributed by atoms with E-state index in [2.05, 4.69) is 49.4 Å². The number of aromatic nitrogens is 1. The first-order valence-corrected chi connectivity index (χ1v) is 11.9. The second-order valence-corrected chi connectivity index (χ2v) is 8.57. The van der Waals surface area contributed by atoms with Crippen molar-refractivity contribution in [3.63, 3.8) is 0 Å². The molecule has 0 bridgehead atoms. The van der Waals surface area contributed by atoms with Crippen molar-refractivity contribution in [1.29, 1.82) is 0 Å². The van der Waals surface area contributed by atoms with E-state index in [0.717, 1.165) is 30.4 Å². The van der Waals surface area contributed by atoms with E-state index in [9.17, 15) is 9.59 Å². The summed E-state index contributed by atoms with van der Waals surface area (Å²) >= 11 is 0. The molecule has 0 aliphatic rings. The number of hydrogen-bond donors (Lipinski definition) is 0. The molecule has 0 radical (unpaired) electrons. The number of esters is 1. The molecule has 4 heteroatoms. The third-order valence-electron chi connectivity index (χ3n) is 5.69. The van der Waals surface area contributed by atoms with Crippen LogP contribution in [0, 0.1) is 0 Å². The molecular weight excluding hydrogens is 410 g/mol. The zero-order valence-electron chi connectivity index (χ0n) is 19.7. The largest absolute Gasteiger partial charge is 0.462 e. The fraction of sp³-hybridized carbons (Fsp3) is 0.345. The van der Waals surface area contributed by atoms with Gasteiger partial charge in [0, 0.05) is 12.1 Å². The predicted octanol–water partition coefficient (Wildman–Crippen LogP) is 6.16. The van der Waals surface area contributed by atoms with Gasteiger partial charge in [-0.15, -0.1) is 0 Å². The van der Waals surface area contributed by atoms with Crippen LogP contribution in [0.5, 0.6) is 0 Å². The smallest absolute Gasteiger partial charge is 0.313 e. The Morgan fingerprint density at radius 2 is 1.70 bits per heavy atom. The average molecular weight is 445 g/mol. The van der Waals surface area contributed by atoms with Crippen LogP contribution in [0.1, 0.15) is 63.5 Å². The first-order valence-electron chi connectivity index (χ1n) is 11.9. The fourth-order valence-electron chi connectivity index (χ4n) is 3.87. The Bertz CT molecular complexity index is 1080. The van der Waals surface area contributed by atoms with Gasteiger partial charge in [0.1, 0.15) is 6.42 Å². The fourth-order valence-corrected chi connectivity index (χ4v) is 3.87. The van der Waals surface area contributed by atoms with Gasteiger partial charge in [-0.2, -0.15) is 4.57 Å². The predicted molar refractivity (Wildman–Crippen MR) is 133 cm³/mol. The Labute approximate surface area is 196 Å². The van der Waals surface area contributed by atoms with Crippen LogP contribution < -0.4 is 4.57 Å². The number of carbonyl (C=O) groups excluding carboxylic acids is 2. The lowest BCUT2D eigenvalue weighted by Gasteiger charge is -2.12. The minimum absolute atomic E-state index is 0.136. The summed E-state index contributed by atoms with van der Waals surface area (Å²) in [4.78, 5) is 24.3. The van der Waals surface area contributed by atoms with E-state index in [1.54, 1.807) is 4.57 Å². The van der Waals surface area contributed by atoms with E-state index in [-0.39, 0.29) is 24.9 Å². The quantitative estimate of drug-likeness (QED) is 0.145. The Morgan fingerprint density at radius 1 is 0.939 bits per heavy atom. The minimum atomic E-state index is -0.432. The van der Waals surface area contributed by atoms with Crippen molar-refractivity contribution in [3.8, 4) is 0 Å². The van der Waals surface area contributed by atoms with Gasteiger partial charge in [0.2, 0.25) is 12.3 Å². The maximum absolute atomic E-state index is 12.3. The van der Waals surface area contributed by atoms with Crippen molar-refractivity contribution in [1.82, 2.24) is 0 Å². The third kappa shape index (κ3) is 7.98. The second kappa shape index (κ2) is 12.7. The molecule has 2 aromatic carbocycles. The Morgan fingerprint density at radius 3 is 2.48 bits per heavy atom. The van der Waals surface area contributed by atoms with Gasteiger partial charge in [-0.1, -0.05) is 80.8 Å². The monoisotopic (exact) mass is 444 g/mol. The van der Waals surface area contributed by atoms with Crippen molar-refractivity contribution < 1.29 is 18.9 Å². The van der Waals surface area contributed by atoms with Crippen LogP contribution >= 0.6 is 0 Å². The van der Waals surface area contributed by atoms with Crippen molar-refractivity contribution in [2.75, 3.05) is 0 Å². The van der Waals surface area contributed by atoms with Gasteiger partial charge in [0.15, 0.2) is 12.4 Å². The Kier molecular flexibility index (Phi) is 9.37. The highest BCUT2D eigenvalue weighted by Crippen LogP contribution is 2.20. The van der Waals surface area contributed by atoms with Crippen LogP contribution in [0.3, 0.4) is 0 Å². The van der Waals surface area contributed by atoms with Crippen molar-refractivity contribution in [3.05, 3.63) is 78.1 Å². The van der Waals surface area contributed by atoms with Crippen LogP contribution in [0.15, 0.2) is 67.0 Å². The number of rotatable bonds is 12. The Balaban J connectivity index is 1.48. The van der Waals surface area contributed by atoms with E-state index >= 15 is 0 Å². The van der Waals surface area contributed by atoms with Crippen LogP contribution in [0.25, 0.3) is 22.9 Å². The highest BCUT2D eigenvalue weighted by molar-refractivity contribution is 5.95. The lowest BCUT2D eigenvalue weighted by Crippen LogP contribution is -2.38. The number of carbonyl (C=O) groups is 2. The SMILES string of the molecule is CCCCCCC(C)OC(=O)CC(=O)C[n+]1ccc(/C=C/c2cccc3ccccc23)cc1. The van der Waals surface area contributed by atoms with Gasteiger partial charge >= 0.3 is 5.97 Å². The lowest BCUT2D eigenvalue weighted by molar-refractivity contribution is -0.684. The summed E-state index contributed by atoms with van der Waals surface area (Å²) < 4.78 is 7.18. The summed E-state index contributed by atoms with van der Waals surface area (Å²) in [5.41, 5.74) is 2.21. The summed E-state index contributed by atoms with van der Waals surface area (Å²) in [6, 6.07) is 18.5. The van der Waals surface area contributed by atoms with Crippen LogP contribution in [-0.4, -0.2) is 17.9 Å². The van der Waals surface area contributed by atoms with Gasteiger partial charge in [-0.25, -0.2) is 0 Å². The summed E-state index contributed by atoms with van der Waals surface area (Å²) in [6.45, 7) is 4.23. The molecule has 1 unspecified atom stereocenters. The zero-order chi connectivity index (χ0) is 23.5. The first kappa shape index (κ1) is 24.4. The average Bonchev–Trinajstić information content (AvgIpc) is 2.81. The summed E-state index contributed by atoms with van der Waals surface area (Å²) in [6.07, 6.45) is 13.0. The van der Waals surface area contributed by atoms with Gasteiger partial charge in [0.25, 0.3) is 0 Å². The molecule has 0 N–H and O–H groups in total. The number of Topliss-reactive ketones (excluding diaryl/α,β-unsaturated/α-hetero) is 1. The van der Waals surface area contributed by atoms with Gasteiger partial charge < -0.3 is 4.74 Å². The molecule has 0 aliphatic heterocycles.